The van der Waals surface area contributed by atoms with Crippen LogP contribution in [0.25, 0.3) is 0 Å². The number of nitrogens with one attached hydrogen (secondary N) is 2. The first-order chi connectivity index (χ1) is 10.5. The molecule has 1 fully saturated rings. The molecule has 22 heavy (non-hydrogen) atoms. The summed E-state index contributed by atoms with van der Waals surface area (Å²) in [5.41, 5.74) is 0.648. The van der Waals surface area contributed by atoms with E-state index in [1.807, 2.05) is 0 Å². The van der Waals surface area contributed by atoms with Gasteiger partial charge in [0.2, 0.25) is 5.91 Å². The van der Waals surface area contributed by atoms with Crippen molar-refractivity contribution in [2.45, 2.75) is 31.8 Å². The molecule has 1 heterocycles. The zero-order valence-corrected chi connectivity index (χ0v) is 12.1. The van der Waals surface area contributed by atoms with Crippen LogP contribution in [0.4, 0.5) is 15.8 Å². The van der Waals surface area contributed by atoms with Gasteiger partial charge in [-0.15, -0.1) is 0 Å². The van der Waals surface area contributed by atoms with E-state index in [1.165, 1.54) is 12.1 Å². The molecule has 0 aromatic heterocycles. The molecule has 0 saturated carbocycles. The number of aliphatic carboxylic acids is 1. The molecule has 1 aromatic carbocycles. The van der Waals surface area contributed by atoms with Crippen LogP contribution in [0, 0.1) is 5.82 Å². The lowest BCUT2D eigenvalue weighted by molar-refractivity contribution is -0.138. The molecule has 3 N–H and O–H groups in total. The summed E-state index contributed by atoms with van der Waals surface area (Å²) in [4.78, 5) is 21.9. The number of benzene rings is 1. The number of rotatable bonds is 7. The van der Waals surface area contributed by atoms with Gasteiger partial charge in [0.05, 0.1) is 18.2 Å². The molecule has 1 aliphatic rings. The number of amides is 1. The van der Waals surface area contributed by atoms with Gasteiger partial charge in [-0.1, -0.05) is 0 Å². The minimum Gasteiger partial charge on any atom is -0.481 e. The lowest BCUT2D eigenvalue weighted by atomic mass is 10.2. The smallest absolute Gasteiger partial charge is 0.303 e. The third-order valence-corrected chi connectivity index (χ3v) is 3.36. The monoisotopic (exact) mass is 310 g/mol. The van der Waals surface area contributed by atoms with E-state index in [9.17, 15) is 14.0 Å². The highest BCUT2D eigenvalue weighted by molar-refractivity contribution is 5.92. The number of hydrogen-bond donors (Lipinski definition) is 3. The lowest BCUT2D eigenvalue weighted by Crippen LogP contribution is -2.19. The number of carboxylic acid groups (broad SMARTS) is 1. The Labute approximate surface area is 127 Å². The summed E-state index contributed by atoms with van der Waals surface area (Å²) in [6.07, 6.45) is 1.70. The highest BCUT2D eigenvalue weighted by Gasteiger charge is 2.15. The fourth-order valence-electron chi connectivity index (χ4n) is 2.21. The van der Waals surface area contributed by atoms with Crippen LogP contribution in [-0.4, -0.2) is 36.2 Å². The zero-order valence-electron chi connectivity index (χ0n) is 12.1. The SMILES string of the molecule is O=C(O)CCC(=O)Nc1ccc(NCC2CCCO2)c(F)c1. The summed E-state index contributed by atoms with van der Waals surface area (Å²) in [6, 6.07) is 4.31. The van der Waals surface area contributed by atoms with Crippen molar-refractivity contribution in [1.82, 2.24) is 0 Å². The number of anilines is 2. The molecule has 120 valence electrons. The molecule has 6 nitrogen and oxygen atoms in total. The molecule has 1 amide bonds. The van der Waals surface area contributed by atoms with Gasteiger partial charge in [-0.3, -0.25) is 9.59 Å². The average Bonchev–Trinajstić information content (AvgIpc) is 2.97. The highest BCUT2D eigenvalue weighted by atomic mass is 19.1. The number of halogens is 1. The molecule has 0 bridgehead atoms. The molecular weight excluding hydrogens is 291 g/mol. The first-order valence-corrected chi connectivity index (χ1v) is 7.21. The van der Waals surface area contributed by atoms with Gasteiger partial charge in [-0.05, 0) is 31.0 Å². The molecule has 0 spiro atoms. The fraction of sp³-hybridized carbons (Fsp3) is 0.467. The fourth-order valence-corrected chi connectivity index (χ4v) is 2.21. The number of ether oxygens (including phenoxy) is 1. The van der Waals surface area contributed by atoms with Crippen LogP contribution in [0.1, 0.15) is 25.7 Å². The summed E-state index contributed by atoms with van der Waals surface area (Å²) in [7, 11) is 0. The molecule has 2 rings (SSSR count). The second-order valence-corrected chi connectivity index (χ2v) is 5.15. The van der Waals surface area contributed by atoms with Crippen molar-refractivity contribution < 1.29 is 23.8 Å². The van der Waals surface area contributed by atoms with Crippen LogP contribution >= 0.6 is 0 Å². The van der Waals surface area contributed by atoms with E-state index in [4.69, 9.17) is 9.84 Å². The first-order valence-electron chi connectivity index (χ1n) is 7.21. The Morgan fingerprint density at radius 2 is 2.18 bits per heavy atom. The summed E-state index contributed by atoms with van der Waals surface area (Å²) in [5, 5.41) is 14.0. The van der Waals surface area contributed by atoms with Gasteiger partial charge in [0, 0.05) is 25.3 Å². The molecule has 0 radical (unpaired) electrons. The minimum absolute atomic E-state index is 0.106. The maximum atomic E-state index is 13.9. The van der Waals surface area contributed by atoms with Gasteiger partial charge in [-0.2, -0.15) is 0 Å². The van der Waals surface area contributed by atoms with E-state index >= 15 is 0 Å². The van der Waals surface area contributed by atoms with Crippen LogP contribution < -0.4 is 10.6 Å². The largest absolute Gasteiger partial charge is 0.481 e. The predicted octanol–water partition coefficient (Wildman–Crippen LogP) is 2.22. The number of hydrogen-bond acceptors (Lipinski definition) is 4. The summed E-state index contributed by atoms with van der Waals surface area (Å²) in [6.45, 7) is 1.29. The standard InChI is InChI=1S/C15H19FN2O4/c16-12-8-10(18-14(19)5-6-15(20)21)3-4-13(12)17-9-11-2-1-7-22-11/h3-4,8,11,17H,1-2,5-7,9H2,(H,18,19)(H,20,21). The predicted molar refractivity (Wildman–Crippen MR) is 79.4 cm³/mol. The third kappa shape index (κ3) is 5.00. The Kier molecular flexibility index (Phi) is 5.71. The maximum absolute atomic E-state index is 13.9. The average molecular weight is 310 g/mol. The summed E-state index contributed by atoms with van der Waals surface area (Å²) >= 11 is 0. The van der Waals surface area contributed by atoms with Crippen LogP contribution in [0.5, 0.6) is 0 Å². The molecular formula is C15H19FN2O4. The van der Waals surface area contributed by atoms with Gasteiger partial charge in [0.1, 0.15) is 5.82 Å². The highest BCUT2D eigenvalue weighted by Crippen LogP contribution is 2.20. The minimum atomic E-state index is -1.05. The van der Waals surface area contributed by atoms with Crippen LogP contribution in [0.15, 0.2) is 18.2 Å². The van der Waals surface area contributed by atoms with Gasteiger partial charge < -0.3 is 20.5 Å². The maximum Gasteiger partial charge on any atom is 0.303 e. The van der Waals surface area contributed by atoms with Crippen LogP contribution in [-0.2, 0) is 14.3 Å². The van der Waals surface area contributed by atoms with Crippen molar-refractivity contribution in [2.24, 2.45) is 0 Å². The topological polar surface area (TPSA) is 87.7 Å². The number of carbonyl (C=O) groups excluding carboxylic acids is 1. The van der Waals surface area contributed by atoms with E-state index in [1.54, 1.807) is 6.07 Å². The molecule has 1 aliphatic heterocycles. The van der Waals surface area contributed by atoms with Crippen molar-refractivity contribution >= 4 is 23.3 Å². The molecule has 1 aromatic rings. The molecule has 1 atom stereocenters. The van der Waals surface area contributed by atoms with E-state index in [0.29, 0.717) is 17.9 Å². The van der Waals surface area contributed by atoms with E-state index in [2.05, 4.69) is 10.6 Å². The first kappa shape index (κ1) is 16.2. The Morgan fingerprint density at radius 3 is 2.82 bits per heavy atom. The second kappa shape index (κ2) is 7.74. The van der Waals surface area contributed by atoms with Crippen LogP contribution in [0.2, 0.25) is 0 Å². The Bertz CT molecular complexity index is 544. The number of carbonyl (C=O) groups is 2. The Balaban J connectivity index is 1.85. The van der Waals surface area contributed by atoms with Gasteiger partial charge in [-0.25, -0.2) is 4.39 Å². The second-order valence-electron chi connectivity index (χ2n) is 5.15. The van der Waals surface area contributed by atoms with Crippen LogP contribution in [0.3, 0.4) is 0 Å². The number of carboxylic acids is 1. The Hall–Kier alpha value is -2.15. The van der Waals surface area contributed by atoms with E-state index < -0.39 is 17.7 Å². The van der Waals surface area contributed by atoms with Crippen molar-refractivity contribution in [2.75, 3.05) is 23.8 Å². The molecule has 7 heteroatoms. The van der Waals surface area contributed by atoms with Gasteiger partial charge in [0.25, 0.3) is 0 Å². The van der Waals surface area contributed by atoms with Crippen molar-refractivity contribution in [3.8, 4) is 0 Å². The van der Waals surface area contributed by atoms with Crippen molar-refractivity contribution in [3.05, 3.63) is 24.0 Å². The Morgan fingerprint density at radius 1 is 1.36 bits per heavy atom. The van der Waals surface area contributed by atoms with Crippen molar-refractivity contribution in [3.63, 3.8) is 0 Å². The molecule has 0 aliphatic carbocycles. The van der Waals surface area contributed by atoms with E-state index in [0.717, 1.165) is 19.4 Å². The summed E-state index contributed by atoms with van der Waals surface area (Å²) < 4.78 is 19.4. The molecule has 1 saturated heterocycles. The lowest BCUT2D eigenvalue weighted by Gasteiger charge is -2.13. The quantitative estimate of drug-likeness (QED) is 0.719. The van der Waals surface area contributed by atoms with E-state index in [-0.39, 0.29) is 18.9 Å². The van der Waals surface area contributed by atoms with Gasteiger partial charge >= 0.3 is 5.97 Å². The third-order valence-electron chi connectivity index (χ3n) is 3.36. The van der Waals surface area contributed by atoms with Gasteiger partial charge in [0.15, 0.2) is 0 Å². The summed E-state index contributed by atoms with van der Waals surface area (Å²) in [5.74, 6) is -1.98. The van der Waals surface area contributed by atoms with Crippen molar-refractivity contribution in [1.29, 1.82) is 0 Å². The molecule has 1 unspecified atom stereocenters. The normalized spacial score (nSPS) is 17.2. The zero-order chi connectivity index (χ0) is 15.9.